The number of aliphatic hydroxyl groups is 2. The summed E-state index contributed by atoms with van der Waals surface area (Å²) in [6.07, 6.45) is -3.69. The zero-order valence-corrected chi connectivity index (χ0v) is 10.9. The van der Waals surface area contributed by atoms with Gasteiger partial charge in [-0.3, -0.25) is 4.90 Å². The first-order valence-electron chi connectivity index (χ1n) is 6.35. The average Bonchev–Trinajstić information content (AvgIpc) is 2.51. The van der Waals surface area contributed by atoms with Crippen LogP contribution >= 0.6 is 0 Å². The second-order valence-electron chi connectivity index (χ2n) is 4.83. The van der Waals surface area contributed by atoms with Crippen molar-refractivity contribution in [2.75, 3.05) is 18.7 Å². The smallest absolute Gasteiger partial charge is 0.411 e. The minimum atomic E-state index is -1.16. The summed E-state index contributed by atoms with van der Waals surface area (Å²) in [6.45, 7) is 0.227. The predicted octanol–water partition coefficient (Wildman–Crippen LogP) is -0.0633. The molecule has 1 aromatic carbocycles. The van der Waals surface area contributed by atoms with Crippen molar-refractivity contribution in [3.63, 3.8) is 0 Å². The summed E-state index contributed by atoms with van der Waals surface area (Å²) in [6, 6.07) is 8.70. The second kappa shape index (κ2) is 4.93. The van der Waals surface area contributed by atoms with Gasteiger partial charge >= 0.3 is 6.09 Å². The molecule has 108 valence electrons. The highest BCUT2D eigenvalue weighted by Gasteiger charge is 2.54. The first-order valence-corrected chi connectivity index (χ1v) is 6.35. The van der Waals surface area contributed by atoms with Crippen molar-refractivity contribution < 1.29 is 24.6 Å². The molecule has 1 aromatic rings. The van der Waals surface area contributed by atoms with Crippen LogP contribution in [0, 0.1) is 0 Å². The molecule has 0 aliphatic carbocycles. The largest absolute Gasteiger partial charge is 0.453 e. The molecule has 2 N–H and O–H groups in total. The van der Waals surface area contributed by atoms with Crippen molar-refractivity contribution >= 4 is 11.8 Å². The molecular weight excluding hydrogens is 264 g/mol. The van der Waals surface area contributed by atoms with E-state index in [2.05, 4.69) is 4.74 Å². The molecular formula is C13H16N2O5. The molecule has 0 radical (unpaired) electrons. The third kappa shape index (κ3) is 1.91. The first kappa shape index (κ1) is 13.2. The Morgan fingerprint density at radius 3 is 2.65 bits per heavy atom. The Labute approximate surface area is 115 Å². The molecule has 7 heteroatoms. The maximum absolute atomic E-state index is 11.7. The number of carbonyl (C=O) groups excluding carboxylic acids is 1. The van der Waals surface area contributed by atoms with E-state index in [9.17, 15) is 15.0 Å². The van der Waals surface area contributed by atoms with E-state index in [0.29, 0.717) is 0 Å². The lowest BCUT2D eigenvalue weighted by Crippen LogP contribution is -2.74. The monoisotopic (exact) mass is 280 g/mol. The number of fused-ring (bicyclic) bond motifs is 3. The van der Waals surface area contributed by atoms with E-state index >= 15 is 0 Å². The summed E-state index contributed by atoms with van der Waals surface area (Å²) in [4.78, 5) is 18.6. The Morgan fingerprint density at radius 2 is 2.00 bits per heavy atom. The number of amides is 1. The molecule has 2 bridgehead atoms. The number of rotatable bonds is 1. The maximum Gasteiger partial charge on any atom is 0.411 e. The highest BCUT2D eigenvalue weighted by atomic mass is 16.7. The fourth-order valence-corrected chi connectivity index (χ4v) is 2.64. The number of carbonyl (C=O) groups is 1. The lowest BCUT2D eigenvalue weighted by molar-refractivity contribution is -0.238. The molecule has 3 heterocycles. The third-order valence-corrected chi connectivity index (χ3v) is 3.67. The lowest BCUT2D eigenvalue weighted by Gasteiger charge is -2.54. The van der Waals surface area contributed by atoms with E-state index in [0.717, 1.165) is 5.69 Å². The Morgan fingerprint density at radius 1 is 1.30 bits per heavy atom. The van der Waals surface area contributed by atoms with Crippen molar-refractivity contribution in [3.8, 4) is 0 Å². The molecule has 3 aliphatic rings. The van der Waals surface area contributed by atoms with Crippen LogP contribution in [-0.4, -0.2) is 59.3 Å². The zero-order valence-electron chi connectivity index (χ0n) is 10.9. The molecule has 3 fully saturated rings. The number of para-hydroxylation sites is 1. The minimum absolute atomic E-state index is 0.227. The Bertz CT molecular complexity index is 497. The number of hydroxylamine groups is 1. The Hall–Kier alpha value is -1.83. The Kier molecular flexibility index (Phi) is 3.25. The maximum atomic E-state index is 11.7. The topological polar surface area (TPSA) is 82.5 Å². The van der Waals surface area contributed by atoms with Gasteiger partial charge in [-0.25, -0.2) is 14.7 Å². The number of piperidine rings is 1. The van der Waals surface area contributed by atoms with E-state index in [4.69, 9.17) is 4.84 Å². The summed E-state index contributed by atoms with van der Waals surface area (Å²) in [5.74, 6) is 0. The van der Waals surface area contributed by atoms with Crippen molar-refractivity contribution in [2.24, 2.45) is 0 Å². The van der Waals surface area contributed by atoms with Crippen LogP contribution in [0.1, 0.15) is 0 Å². The van der Waals surface area contributed by atoms with Gasteiger partial charge in [0.25, 0.3) is 0 Å². The van der Waals surface area contributed by atoms with Crippen LogP contribution < -0.4 is 5.06 Å². The summed E-state index contributed by atoms with van der Waals surface area (Å²) < 4.78 is 4.66. The van der Waals surface area contributed by atoms with Crippen LogP contribution in [0.4, 0.5) is 10.5 Å². The quantitative estimate of drug-likeness (QED) is 0.750. The zero-order chi connectivity index (χ0) is 14.3. The van der Waals surface area contributed by atoms with E-state index in [-0.39, 0.29) is 6.54 Å². The highest BCUT2D eigenvalue weighted by Crippen LogP contribution is 2.34. The number of hydrogen-bond acceptors (Lipinski definition) is 6. The van der Waals surface area contributed by atoms with Gasteiger partial charge in [0.1, 0.15) is 18.2 Å². The first-order chi connectivity index (χ1) is 9.63. The van der Waals surface area contributed by atoms with Crippen LogP contribution in [0.3, 0.4) is 0 Å². The van der Waals surface area contributed by atoms with Gasteiger partial charge in [-0.05, 0) is 12.1 Å². The number of anilines is 1. The molecule has 4 atom stereocenters. The van der Waals surface area contributed by atoms with Gasteiger partial charge in [-0.1, -0.05) is 18.2 Å². The SMILES string of the molecule is COC(=O)N1C[C@@H]2[C@H](O)[C@H](O)[C@H]1ON2c1ccccc1. The number of nitrogens with zero attached hydrogens (tertiary/aromatic N) is 2. The summed E-state index contributed by atoms with van der Waals surface area (Å²) in [5, 5.41) is 21.7. The van der Waals surface area contributed by atoms with Gasteiger partial charge in [0.15, 0.2) is 6.23 Å². The molecule has 0 saturated carbocycles. The number of ether oxygens (including phenoxy) is 1. The average molecular weight is 280 g/mol. The molecule has 3 aliphatic heterocycles. The van der Waals surface area contributed by atoms with Gasteiger partial charge in [-0.2, -0.15) is 0 Å². The minimum Gasteiger partial charge on any atom is -0.453 e. The van der Waals surface area contributed by atoms with Gasteiger partial charge in [-0.15, -0.1) is 0 Å². The molecule has 1 amide bonds. The molecule has 20 heavy (non-hydrogen) atoms. The van der Waals surface area contributed by atoms with Crippen LogP contribution in [0.5, 0.6) is 0 Å². The Balaban J connectivity index is 1.89. The molecule has 3 saturated heterocycles. The molecule has 0 aromatic heterocycles. The van der Waals surface area contributed by atoms with Crippen LogP contribution in [0.2, 0.25) is 0 Å². The number of benzene rings is 1. The number of hydrogen-bond donors (Lipinski definition) is 2. The summed E-state index contributed by atoms with van der Waals surface area (Å²) in [5.41, 5.74) is 0.762. The normalized spacial score (nSPS) is 32.4. The van der Waals surface area contributed by atoms with Gasteiger partial charge in [0.05, 0.1) is 19.3 Å². The van der Waals surface area contributed by atoms with E-state index < -0.39 is 30.6 Å². The van der Waals surface area contributed by atoms with Gasteiger partial charge in [0.2, 0.25) is 0 Å². The third-order valence-electron chi connectivity index (χ3n) is 3.67. The molecule has 4 rings (SSSR count). The van der Waals surface area contributed by atoms with Gasteiger partial charge < -0.3 is 14.9 Å². The molecule has 0 spiro atoms. The summed E-state index contributed by atoms with van der Waals surface area (Å²) >= 11 is 0. The number of methoxy groups -OCH3 is 1. The van der Waals surface area contributed by atoms with Gasteiger partial charge in [0, 0.05) is 0 Å². The fraction of sp³-hybridized carbons (Fsp3) is 0.462. The molecule has 7 nitrogen and oxygen atoms in total. The van der Waals surface area contributed by atoms with Crippen LogP contribution in [-0.2, 0) is 9.57 Å². The fourth-order valence-electron chi connectivity index (χ4n) is 2.64. The van der Waals surface area contributed by atoms with Crippen molar-refractivity contribution in [1.29, 1.82) is 0 Å². The van der Waals surface area contributed by atoms with E-state index in [1.54, 1.807) is 5.06 Å². The second-order valence-corrected chi connectivity index (χ2v) is 4.83. The van der Waals surface area contributed by atoms with Crippen molar-refractivity contribution in [1.82, 2.24) is 4.90 Å². The summed E-state index contributed by atoms with van der Waals surface area (Å²) in [7, 11) is 1.27. The van der Waals surface area contributed by atoms with Crippen LogP contribution in [0.25, 0.3) is 0 Å². The van der Waals surface area contributed by atoms with E-state index in [1.165, 1.54) is 12.0 Å². The molecule has 0 unspecified atom stereocenters. The highest BCUT2D eigenvalue weighted by molar-refractivity contribution is 5.68. The standard InChI is InChI=1S/C13H16N2O5/c1-19-13(18)14-7-9-10(16)11(17)12(14)20-15(9)8-5-3-2-4-6-8/h2-6,9-12,16-17H,7H2,1H3/t9-,10+,11+,12-/m1/s1. The predicted molar refractivity (Wildman–Crippen MR) is 68.7 cm³/mol. The van der Waals surface area contributed by atoms with Crippen molar-refractivity contribution in [3.05, 3.63) is 30.3 Å². The van der Waals surface area contributed by atoms with E-state index in [1.807, 2.05) is 30.3 Å². The van der Waals surface area contributed by atoms with Crippen LogP contribution in [0.15, 0.2) is 30.3 Å². The number of aliphatic hydroxyl groups excluding tert-OH is 2. The van der Waals surface area contributed by atoms with Crippen molar-refractivity contribution in [2.45, 2.75) is 24.5 Å². The lowest BCUT2D eigenvalue weighted by atomic mass is 9.95.